The normalized spacial score (nSPS) is 10.1. The summed E-state index contributed by atoms with van der Waals surface area (Å²) >= 11 is 0. The second-order valence-corrected chi connectivity index (χ2v) is 7.36. The van der Waals surface area contributed by atoms with Gasteiger partial charge < -0.3 is 16.4 Å². The molecule has 0 atom stereocenters. The van der Waals surface area contributed by atoms with Crippen LogP contribution in [0.4, 0.5) is 16.2 Å². The van der Waals surface area contributed by atoms with Gasteiger partial charge in [-0.2, -0.15) is 0 Å². The van der Waals surface area contributed by atoms with E-state index in [1.165, 1.54) is 0 Å². The number of benzene rings is 2. The topological polar surface area (TPSA) is 92.9 Å². The number of carbonyl (C=O) groups excluding carboxylic acids is 1. The molecule has 2 aromatic heterocycles. The third-order valence-electron chi connectivity index (χ3n) is 4.94. The van der Waals surface area contributed by atoms with Gasteiger partial charge in [-0.25, -0.2) is 4.79 Å². The number of rotatable bonds is 5. The zero-order chi connectivity index (χ0) is 22.9. The van der Waals surface area contributed by atoms with E-state index in [0.717, 1.165) is 27.8 Å². The van der Waals surface area contributed by atoms with Crippen LogP contribution < -0.4 is 16.4 Å². The lowest BCUT2D eigenvalue weighted by atomic mass is 10.00. The molecule has 0 radical (unpaired) electrons. The van der Waals surface area contributed by atoms with Gasteiger partial charge in [-0.1, -0.05) is 24.0 Å². The number of nitrogens with one attached hydrogen (secondary N) is 2. The Morgan fingerprint density at radius 1 is 0.909 bits per heavy atom. The number of hydrogen-bond acceptors (Lipinski definition) is 4. The first-order chi connectivity index (χ1) is 16.2. The number of nitrogens with two attached hydrogens (primary N) is 1. The highest BCUT2D eigenvalue weighted by Crippen LogP contribution is 2.26. The van der Waals surface area contributed by atoms with Crippen LogP contribution in [-0.2, 0) is 6.42 Å². The standard InChI is InChI=1S/C27H23N5O/c28-24-7-4-20(5-8-24)3-6-23-18-25(9-10-26(23)22-12-15-29-16-13-22)32-27(33)31-17-11-21-2-1-14-30-19-21/h1-2,4-5,7-10,12-16,18-19H,11,17,28H2,(H2,31,32,33). The molecule has 4 N–H and O–H groups in total. The summed E-state index contributed by atoms with van der Waals surface area (Å²) in [6, 6.07) is 20.6. The second kappa shape index (κ2) is 10.6. The molecule has 4 rings (SSSR count). The first-order valence-corrected chi connectivity index (χ1v) is 10.5. The molecule has 0 aliphatic carbocycles. The summed E-state index contributed by atoms with van der Waals surface area (Å²) in [5, 5.41) is 5.77. The van der Waals surface area contributed by atoms with Gasteiger partial charge in [-0.05, 0) is 77.7 Å². The fourth-order valence-corrected chi connectivity index (χ4v) is 3.26. The Kier molecular flexibility index (Phi) is 6.94. The Balaban J connectivity index is 1.51. The van der Waals surface area contributed by atoms with Crippen molar-refractivity contribution in [2.75, 3.05) is 17.6 Å². The van der Waals surface area contributed by atoms with Gasteiger partial charge in [0.25, 0.3) is 0 Å². The van der Waals surface area contributed by atoms with E-state index in [1.54, 1.807) is 24.8 Å². The van der Waals surface area contributed by atoms with Crippen molar-refractivity contribution in [1.82, 2.24) is 15.3 Å². The maximum absolute atomic E-state index is 12.4. The molecule has 0 unspecified atom stereocenters. The van der Waals surface area contributed by atoms with Crippen molar-refractivity contribution < 1.29 is 4.79 Å². The van der Waals surface area contributed by atoms with Crippen molar-refractivity contribution in [1.29, 1.82) is 0 Å². The van der Waals surface area contributed by atoms with Crippen LogP contribution in [0.3, 0.4) is 0 Å². The lowest BCUT2D eigenvalue weighted by molar-refractivity contribution is 0.252. The lowest BCUT2D eigenvalue weighted by Crippen LogP contribution is -2.30. The molecule has 0 aliphatic heterocycles. The zero-order valence-corrected chi connectivity index (χ0v) is 18.0. The van der Waals surface area contributed by atoms with Gasteiger partial charge in [0.1, 0.15) is 0 Å². The average molecular weight is 434 g/mol. The minimum Gasteiger partial charge on any atom is -0.399 e. The zero-order valence-electron chi connectivity index (χ0n) is 18.0. The van der Waals surface area contributed by atoms with Gasteiger partial charge >= 0.3 is 6.03 Å². The molecule has 33 heavy (non-hydrogen) atoms. The number of amides is 2. The van der Waals surface area contributed by atoms with Crippen molar-refractivity contribution in [2.24, 2.45) is 0 Å². The molecule has 2 amide bonds. The fraction of sp³-hybridized carbons (Fsp3) is 0.0741. The van der Waals surface area contributed by atoms with E-state index >= 15 is 0 Å². The summed E-state index contributed by atoms with van der Waals surface area (Å²) in [4.78, 5) is 20.6. The van der Waals surface area contributed by atoms with Crippen LogP contribution in [0.2, 0.25) is 0 Å². The first kappa shape index (κ1) is 21.6. The van der Waals surface area contributed by atoms with Crippen molar-refractivity contribution in [3.63, 3.8) is 0 Å². The summed E-state index contributed by atoms with van der Waals surface area (Å²) in [5.41, 5.74) is 11.8. The molecule has 162 valence electrons. The largest absolute Gasteiger partial charge is 0.399 e. The van der Waals surface area contributed by atoms with E-state index in [0.29, 0.717) is 24.3 Å². The number of hydrogen-bond donors (Lipinski definition) is 3. The quantitative estimate of drug-likeness (QED) is 0.319. The van der Waals surface area contributed by atoms with E-state index in [1.807, 2.05) is 66.7 Å². The molecule has 0 fully saturated rings. The molecule has 0 aliphatic rings. The minimum atomic E-state index is -0.270. The Morgan fingerprint density at radius 2 is 1.73 bits per heavy atom. The highest BCUT2D eigenvalue weighted by atomic mass is 16.2. The van der Waals surface area contributed by atoms with E-state index < -0.39 is 0 Å². The van der Waals surface area contributed by atoms with Crippen LogP contribution in [0.25, 0.3) is 11.1 Å². The van der Waals surface area contributed by atoms with Crippen LogP contribution in [0.1, 0.15) is 16.7 Å². The molecule has 0 bridgehead atoms. The second-order valence-electron chi connectivity index (χ2n) is 7.36. The van der Waals surface area contributed by atoms with E-state index in [4.69, 9.17) is 5.73 Å². The summed E-state index contributed by atoms with van der Waals surface area (Å²) in [7, 11) is 0. The first-order valence-electron chi connectivity index (χ1n) is 10.5. The van der Waals surface area contributed by atoms with Crippen LogP contribution in [0.5, 0.6) is 0 Å². The average Bonchev–Trinajstić information content (AvgIpc) is 2.85. The summed E-state index contributed by atoms with van der Waals surface area (Å²) in [5.74, 6) is 6.41. The van der Waals surface area contributed by atoms with Crippen molar-refractivity contribution >= 4 is 17.4 Å². The van der Waals surface area contributed by atoms with Crippen molar-refractivity contribution in [3.8, 4) is 23.0 Å². The van der Waals surface area contributed by atoms with E-state index in [9.17, 15) is 4.79 Å². The number of carbonyl (C=O) groups is 1. The monoisotopic (exact) mass is 433 g/mol. The molecule has 0 spiro atoms. The lowest BCUT2D eigenvalue weighted by Gasteiger charge is -2.11. The van der Waals surface area contributed by atoms with Crippen molar-refractivity contribution in [2.45, 2.75) is 6.42 Å². The summed E-state index contributed by atoms with van der Waals surface area (Å²) < 4.78 is 0. The molecule has 6 heteroatoms. The van der Waals surface area contributed by atoms with Gasteiger partial charge in [-0.3, -0.25) is 9.97 Å². The number of aromatic nitrogens is 2. The maximum Gasteiger partial charge on any atom is 0.319 e. The Morgan fingerprint density at radius 3 is 2.48 bits per heavy atom. The van der Waals surface area contributed by atoms with Gasteiger partial charge in [0.15, 0.2) is 0 Å². The number of anilines is 2. The van der Waals surface area contributed by atoms with Crippen LogP contribution in [0.15, 0.2) is 91.5 Å². The third-order valence-corrected chi connectivity index (χ3v) is 4.94. The SMILES string of the molecule is Nc1ccc(C#Cc2cc(NC(=O)NCCc3cccnc3)ccc2-c2ccncc2)cc1. The van der Waals surface area contributed by atoms with Crippen LogP contribution in [0, 0.1) is 11.8 Å². The molecule has 6 nitrogen and oxygen atoms in total. The highest BCUT2D eigenvalue weighted by Gasteiger charge is 2.07. The van der Waals surface area contributed by atoms with Crippen LogP contribution in [-0.4, -0.2) is 22.5 Å². The fourth-order valence-electron chi connectivity index (χ4n) is 3.26. The number of pyridine rings is 2. The molecule has 2 aromatic carbocycles. The molecule has 2 heterocycles. The minimum absolute atomic E-state index is 0.270. The van der Waals surface area contributed by atoms with Crippen molar-refractivity contribution in [3.05, 3.63) is 108 Å². The van der Waals surface area contributed by atoms with Gasteiger partial charge in [-0.15, -0.1) is 0 Å². The smallest absolute Gasteiger partial charge is 0.319 e. The third kappa shape index (κ3) is 6.18. The number of nitrogen functional groups attached to an aromatic ring is 1. The van der Waals surface area contributed by atoms with Crippen LogP contribution >= 0.6 is 0 Å². The molecule has 4 aromatic rings. The predicted octanol–water partition coefficient (Wildman–Crippen LogP) is 4.49. The summed E-state index contributed by atoms with van der Waals surface area (Å²) in [6.45, 7) is 0.510. The predicted molar refractivity (Wildman–Crippen MR) is 131 cm³/mol. The molecule has 0 saturated carbocycles. The van der Waals surface area contributed by atoms with Gasteiger partial charge in [0.05, 0.1) is 0 Å². The Bertz CT molecular complexity index is 1280. The molecule has 0 saturated heterocycles. The van der Waals surface area contributed by atoms with E-state index in [2.05, 4.69) is 32.4 Å². The summed E-state index contributed by atoms with van der Waals surface area (Å²) in [6.07, 6.45) is 7.72. The maximum atomic E-state index is 12.4. The highest BCUT2D eigenvalue weighted by molar-refractivity contribution is 5.90. The van der Waals surface area contributed by atoms with Gasteiger partial charge in [0.2, 0.25) is 0 Å². The molecular weight excluding hydrogens is 410 g/mol. The van der Waals surface area contributed by atoms with E-state index in [-0.39, 0.29) is 6.03 Å². The number of urea groups is 1. The number of nitrogens with zero attached hydrogens (tertiary/aromatic N) is 2. The van der Waals surface area contributed by atoms with Gasteiger partial charge in [0, 0.05) is 53.8 Å². The Hall–Kier alpha value is -4.63. The molecular formula is C27H23N5O. The Labute approximate surface area is 192 Å².